The Hall–Kier alpha value is -2.25. The fraction of sp³-hybridized carbons (Fsp3) is 0.476. The molecule has 0 atom stereocenters. The zero-order chi connectivity index (χ0) is 20.3. The number of carbonyl (C=O) groups excluding carboxylic acids is 1. The minimum atomic E-state index is -0.0756. The molecule has 0 aliphatic carbocycles. The zero-order valence-electron chi connectivity index (χ0n) is 17.3. The van der Waals surface area contributed by atoms with Gasteiger partial charge in [-0.15, -0.1) is 11.3 Å². The first-order chi connectivity index (χ1) is 13.4. The lowest BCUT2D eigenvalue weighted by atomic mass is 10.1. The van der Waals surface area contributed by atoms with Gasteiger partial charge in [0.1, 0.15) is 0 Å². The van der Waals surface area contributed by atoms with Gasteiger partial charge in [-0.3, -0.25) is 9.69 Å². The van der Waals surface area contributed by atoms with Crippen molar-refractivity contribution in [3.63, 3.8) is 0 Å². The summed E-state index contributed by atoms with van der Waals surface area (Å²) in [5.74, 6) is -0.0756. The molecule has 0 aliphatic rings. The van der Waals surface area contributed by atoms with E-state index in [4.69, 9.17) is 4.98 Å². The monoisotopic (exact) mass is 399 g/mol. The highest BCUT2D eigenvalue weighted by Crippen LogP contribution is 2.28. The summed E-state index contributed by atoms with van der Waals surface area (Å²) < 4.78 is 1.88. The van der Waals surface area contributed by atoms with Gasteiger partial charge in [0.2, 0.25) is 0 Å². The molecule has 0 spiro atoms. The quantitative estimate of drug-likeness (QED) is 0.617. The van der Waals surface area contributed by atoms with Gasteiger partial charge >= 0.3 is 0 Å². The number of carbonyl (C=O) groups is 1. The highest BCUT2D eigenvalue weighted by molar-refractivity contribution is 7.13. The molecule has 0 fully saturated rings. The summed E-state index contributed by atoms with van der Waals surface area (Å²) >= 11 is 1.62. The van der Waals surface area contributed by atoms with Crippen molar-refractivity contribution in [1.82, 2.24) is 25.0 Å². The largest absolute Gasteiger partial charge is 0.351 e. The number of rotatable bonds is 8. The van der Waals surface area contributed by atoms with Crippen LogP contribution in [0.3, 0.4) is 0 Å². The Labute approximate surface area is 170 Å². The van der Waals surface area contributed by atoms with Crippen LogP contribution < -0.4 is 5.32 Å². The van der Waals surface area contributed by atoms with E-state index in [1.165, 1.54) is 0 Å². The molecule has 0 aliphatic heterocycles. The smallest absolute Gasteiger partial charge is 0.252 e. The summed E-state index contributed by atoms with van der Waals surface area (Å²) in [5.41, 5.74) is 2.20. The molecule has 0 saturated carbocycles. The summed E-state index contributed by atoms with van der Waals surface area (Å²) in [4.78, 5) is 21.2. The molecule has 3 aromatic heterocycles. The van der Waals surface area contributed by atoms with Crippen LogP contribution in [0.15, 0.2) is 29.8 Å². The molecule has 1 amide bonds. The molecule has 0 radical (unpaired) electrons. The lowest BCUT2D eigenvalue weighted by Gasteiger charge is -2.24. The van der Waals surface area contributed by atoms with Crippen molar-refractivity contribution in [3.8, 4) is 10.6 Å². The van der Waals surface area contributed by atoms with Crippen molar-refractivity contribution in [1.29, 1.82) is 0 Å². The second-order valence-corrected chi connectivity index (χ2v) is 8.38. The Morgan fingerprint density at radius 3 is 2.71 bits per heavy atom. The summed E-state index contributed by atoms with van der Waals surface area (Å²) in [6.45, 7) is 13.0. The van der Waals surface area contributed by atoms with Crippen LogP contribution in [-0.2, 0) is 0 Å². The number of thiophene rings is 1. The Bertz CT molecular complexity index is 930. The first-order valence-corrected chi connectivity index (χ1v) is 10.7. The molecule has 28 heavy (non-hydrogen) atoms. The number of nitrogens with zero attached hydrogens (tertiary/aromatic N) is 4. The average Bonchev–Trinajstić information content (AvgIpc) is 3.33. The highest BCUT2D eigenvalue weighted by atomic mass is 32.1. The van der Waals surface area contributed by atoms with E-state index in [1.807, 2.05) is 28.3 Å². The van der Waals surface area contributed by atoms with Gasteiger partial charge < -0.3 is 5.32 Å². The fourth-order valence-corrected chi connectivity index (χ4v) is 4.01. The summed E-state index contributed by atoms with van der Waals surface area (Å²) in [6, 6.07) is 6.54. The third kappa shape index (κ3) is 4.25. The molecule has 3 heterocycles. The Morgan fingerprint density at radius 1 is 1.32 bits per heavy atom. The van der Waals surface area contributed by atoms with Crippen LogP contribution in [0.5, 0.6) is 0 Å². The second-order valence-electron chi connectivity index (χ2n) is 7.43. The van der Waals surface area contributed by atoms with Crippen LogP contribution in [0.1, 0.15) is 51.0 Å². The van der Waals surface area contributed by atoms with Gasteiger partial charge in [0, 0.05) is 25.2 Å². The number of likely N-dealkylation sites (N-methyl/N-ethyl adjacent to an activating group) is 1. The highest BCUT2D eigenvalue weighted by Gasteiger charge is 2.19. The normalized spacial score (nSPS) is 11.9. The minimum Gasteiger partial charge on any atom is -0.351 e. The molecule has 0 aromatic carbocycles. The summed E-state index contributed by atoms with van der Waals surface area (Å²) in [5, 5.41) is 10.4. The van der Waals surface area contributed by atoms with Crippen molar-refractivity contribution in [2.75, 3.05) is 19.6 Å². The van der Waals surface area contributed by atoms with Crippen molar-refractivity contribution in [2.24, 2.45) is 0 Å². The number of fused-ring (bicyclic) bond motifs is 1. The topological polar surface area (TPSA) is 63.1 Å². The van der Waals surface area contributed by atoms with Gasteiger partial charge in [0.25, 0.3) is 5.91 Å². The molecule has 3 rings (SSSR count). The van der Waals surface area contributed by atoms with Crippen LogP contribution in [0.4, 0.5) is 0 Å². The van der Waals surface area contributed by atoms with Crippen LogP contribution in [-0.4, -0.2) is 51.2 Å². The Kier molecular flexibility index (Phi) is 6.46. The molecule has 3 aromatic rings. The Morgan fingerprint density at radius 2 is 2.11 bits per heavy atom. The zero-order valence-corrected chi connectivity index (χ0v) is 18.1. The lowest BCUT2D eigenvalue weighted by Crippen LogP contribution is -2.38. The third-order valence-corrected chi connectivity index (χ3v) is 5.79. The predicted octanol–water partition coefficient (Wildman–Crippen LogP) is 4.20. The Balaban J connectivity index is 1.92. The number of hydrogen-bond acceptors (Lipinski definition) is 5. The van der Waals surface area contributed by atoms with Gasteiger partial charge in [-0.1, -0.05) is 13.0 Å². The first kappa shape index (κ1) is 20.5. The van der Waals surface area contributed by atoms with E-state index in [9.17, 15) is 4.79 Å². The molecular weight excluding hydrogens is 370 g/mol. The van der Waals surface area contributed by atoms with Gasteiger partial charge in [-0.25, -0.2) is 9.67 Å². The van der Waals surface area contributed by atoms with Crippen molar-refractivity contribution >= 4 is 28.3 Å². The van der Waals surface area contributed by atoms with E-state index < -0.39 is 0 Å². The maximum atomic E-state index is 13.0. The number of nitrogens with one attached hydrogen (secondary N) is 1. The average molecular weight is 400 g/mol. The molecule has 150 valence electrons. The van der Waals surface area contributed by atoms with Crippen LogP contribution in [0.2, 0.25) is 0 Å². The number of aromatic nitrogens is 3. The maximum absolute atomic E-state index is 13.0. The number of hydrogen-bond donors (Lipinski definition) is 1. The molecule has 1 N–H and O–H groups in total. The van der Waals surface area contributed by atoms with Crippen LogP contribution in [0, 0.1) is 0 Å². The molecular formula is C21H29N5OS. The molecule has 0 bridgehead atoms. The van der Waals surface area contributed by atoms with Crippen LogP contribution >= 0.6 is 11.3 Å². The van der Waals surface area contributed by atoms with Gasteiger partial charge in [0.15, 0.2) is 5.65 Å². The summed E-state index contributed by atoms with van der Waals surface area (Å²) in [7, 11) is 0. The SMILES string of the molecule is CCN(CCNC(=O)c1cc(-c2cccs2)nc2c1cnn2C(C)C)C(C)C. The fourth-order valence-electron chi connectivity index (χ4n) is 3.32. The second kappa shape index (κ2) is 8.84. The summed E-state index contributed by atoms with van der Waals surface area (Å²) in [6.07, 6.45) is 1.75. The first-order valence-electron chi connectivity index (χ1n) is 9.86. The van der Waals surface area contributed by atoms with Crippen molar-refractivity contribution in [3.05, 3.63) is 35.3 Å². The van der Waals surface area contributed by atoms with E-state index in [1.54, 1.807) is 17.5 Å². The van der Waals surface area contributed by atoms with E-state index in [0.717, 1.165) is 34.7 Å². The van der Waals surface area contributed by atoms with E-state index in [0.29, 0.717) is 18.2 Å². The number of amides is 1. The van der Waals surface area contributed by atoms with E-state index >= 15 is 0 Å². The van der Waals surface area contributed by atoms with Crippen LogP contribution in [0.25, 0.3) is 21.6 Å². The van der Waals surface area contributed by atoms with Gasteiger partial charge in [-0.2, -0.15) is 5.10 Å². The molecule has 6 nitrogen and oxygen atoms in total. The minimum absolute atomic E-state index is 0.0756. The standard InChI is InChI=1S/C21H29N5OS/c1-6-25(14(2)3)10-9-22-21(27)16-12-18(19-8-7-11-28-19)24-20-17(16)13-23-26(20)15(4)5/h7-8,11-15H,6,9-10H2,1-5H3,(H,22,27). The van der Waals surface area contributed by atoms with E-state index in [-0.39, 0.29) is 11.9 Å². The predicted molar refractivity (Wildman–Crippen MR) is 116 cm³/mol. The lowest BCUT2D eigenvalue weighted by molar-refractivity contribution is 0.0947. The molecule has 7 heteroatoms. The maximum Gasteiger partial charge on any atom is 0.252 e. The third-order valence-electron chi connectivity index (χ3n) is 4.90. The number of pyridine rings is 1. The van der Waals surface area contributed by atoms with Crippen molar-refractivity contribution in [2.45, 2.75) is 46.7 Å². The molecule has 0 saturated heterocycles. The van der Waals surface area contributed by atoms with Gasteiger partial charge in [-0.05, 0) is 51.8 Å². The van der Waals surface area contributed by atoms with Gasteiger partial charge in [0.05, 0.1) is 27.7 Å². The van der Waals surface area contributed by atoms with E-state index in [2.05, 4.69) is 49.9 Å². The molecule has 0 unspecified atom stereocenters. The van der Waals surface area contributed by atoms with Crippen molar-refractivity contribution < 1.29 is 4.79 Å².